The van der Waals surface area contributed by atoms with E-state index in [2.05, 4.69) is 4.90 Å². The van der Waals surface area contributed by atoms with Gasteiger partial charge in [-0.05, 0) is 12.8 Å². The molecule has 0 heterocycles. The Morgan fingerprint density at radius 3 is 2.29 bits per heavy atom. The Morgan fingerprint density at radius 2 is 1.82 bits per heavy atom. The maximum atomic E-state index is 9.46. The zero-order chi connectivity index (χ0) is 13.1. The zero-order valence-corrected chi connectivity index (χ0v) is 11.4. The molecule has 0 aliphatic rings. The predicted molar refractivity (Wildman–Crippen MR) is 69.1 cm³/mol. The highest BCUT2D eigenvalue weighted by molar-refractivity contribution is 4.80. The van der Waals surface area contributed by atoms with Crippen LogP contribution in [0, 0.1) is 0 Å². The van der Waals surface area contributed by atoms with E-state index in [0.29, 0.717) is 6.61 Å². The molecule has 2 atom stereocenters. The maximum Gasteiger partial charge on any atom is 0.0601 e. The fourth-order valence-corrected chi connectivity index (χ4v) is 1.86. The standard InChI is InChI=1S/C12H28N2O3/c1-4-11(13)12(10-15)14(7-9-17-3)6-5-8-16-2/h11-12,15H,4-10,13H2,1-3H3. The van der Waals surface area contributed by atoms with Crippen LogP contribution in [-0.2, 0) is 9.47 Å². The van der Waals surface area contributed by atoms with Gasteiger partial charge in [-0.2, -0.15) is 0 Å². The summed E-state index contributed by atoms with van der Waals surface area (Å²) in [5.74, 6) is 0. The highest BCUT2D eigenvalue weighted by atomic mass is 16.5. The maximum absolute atomic E-state index is 9.46. The number of methoxy groups -OCH3 is 2. The molecular weight excluding hydrogens is 220 g/mol. The van der Waals surface area contributed by atoms with Crippen molar-refractivity contribution < 1.29 is 14.6 Å². The first-order chi connectivity index (χ1) is 8.21. The summed E-state index contributed by atoms with van der Waals surface area (Å²) in [7, 11) is 3.38. The number of hydrogen-bond donors (Lipinski definition) is 2. The molecule has 0 bridgehead atoms. The van der Waals surface area contributed by atoms with Crippen molar-refractivity contribution in [1.29, 1.82) is 0 Å². The molecule has 2 unspecified atom stereocenters. The highest BCUT2D eigenvalue weighted by Gasteiger charge is 2.22. The summed E-state index contributed by atoms with van der Waals surface area (Å²) in [6.07, 6.45) is 1.80. The van der Waals surface area contributed by atoms with Gasteiger partial charge in [0.2, 0.25) is 0 Å². The second kappa shape index (κ2) is 10.9. The fraction of sp³-hybridized carbons (Fsp3) is 1.00. The van der Waals surface area contributed by atoms with Crippen LogP contribution in [-0.4, -0.2) is 69.2 Å². The van der Waals surface area contributed by atoms with E-state index in [1.54, 1.807) is 14.2 Å². The van der Waals surface area contributed by atoms with Crippen molar-refractivity contribution in [3.63, 3.8) is 0 Å². The molecule has 104 valence electrons. The summed E-state index contributed by atoms with van der Waals surface area (Å²) in [6.45, 7) is 5.17. The summed E-state index contributed by atoms with van der Waals surface area (Å²) >= 11 is 0. The van der Waals surface area contributed by atoms with E-state index in [1.165, 1.54) is 0 Å². The van der Waals surface area contributed by atoms with Crippen molar-refractivity contribution in [1.82, 2.24) is 4.90 Å². The number of ether oxygens (including phenoxy) is 2. The Bertz CT molecular complexity index is 170. The third-order valence-electron chi connectivity index (χ3n) is 3.00. The fourth-order valence-electron chi connectivity index (χ4n) is 1.86. The molecule has 5 nitrogen and oxygen atoms in total. The summed E-state index contributed by atoms with van der Waals surface area (Å²) in [6, 6.07) is 0.00593. The van der Waals surface area contributed by atoms with E-state index in [0.717, 1.165) is 32.5 Å². The van der Waals surface area contributed by atoms with Gasteiger partial charge in [-0.15, -0.1) is 0 Å². The quantitative estimate of drug-likeness (QED) is 0.506. The summed E-state index contributed by atoms with van der Waals surface area (Å²) in [5.41, 5.74) is 6.03. The van der Waals surface area contributed by atoms with E-state index < -0.39 is 0 Å². The average molecular weight is 248 g/mol. The highest BCUT2D eigenvalue weighted by Crippen LogP contribution is 2.07. The Balaban J connectivity index is 4.28. The molecule has 0 amide bonds. The van der Waals surface area contributed by atoms with Gasteiger partial charge in [0.15, 0.2) is 0 Å². The zero-order valence-electron chi connectivity index (χ0n) is 11.4. The molecule has 0 saturated carbocycles. The summed E-state index contributed by atoms with van der Waals surface area (Å²) < 4.78 is 10.1. The first kappa shape index (κ1) is 16.8. The molecular formula is C12H28N2O3. The second-order valence-corrected chi connectivity index (χ2v) is 4.20. The second-order valence-electron chi connectivity index (χ2n) is 4.20. The minimum absolute atomic E-state index is 0.000555. The molecule has 0 aromatic heterocycles. The van der Waals surface area contributed by atoms with Crippen LogP contribution >= 0.6 is 0 Å². The number of aliphatic hydroxyl groups excluding tert-OH is 1. The van der Waals surface area contributed by atoms with Gasteiger partial charge in [0.25, 0.3) is 0 Å². The van der Waals surface area contributed by atoms with Crippen LogP contribution in [0.5, 0.6) is 0 Å². The van der Waals surface area contributed by atoms with Gasteiger partial charge < -0.3 is 20.3 Å². The Labute approximate surface area is 105 Å². The van der Waals surface area contributed by atoms with Gasteiger partial charge in [0.05, 0.1) is 13.2 Å². The van der Waals surface area contributed by atoms with E-state index in [1.807, 2.05) is 6.92 Å². The average Bonchev–Trinajstić information content (AvgIpc) is 2.35. The molecule has 0 fully saturated rings. The Morgan fingerprint density at radius 1 is 1.18 bits per heavy atom. The first-order valence-electron chi connectivity index (χ1n) is 6.29. The summed E-state index contributed by atoms with van der Waals surface area (Å²) in [5, 5.41) is 9.46. The molecule has 0 rings (SSSR count). The van der Waals surface area contributed by atoms with Gasteiger partial charge in [-0.25, -0.2) is 0 Å². The van der Waals surface area contributed by atoms with Crippen LogP contribution in [0.1, 0.15) is 19.8 Å². The SMILES string of the molecule is CCC(N)C(CO)N(CCCOC)CCOC. The molecule has 0 aliphatic carbocycles. The predicted octanol–water partition coefficient (Wildman–Crippen LogP) is 0.0695. The smallest absolute Gasteiger partial charge is 0.0601 e. The molecule has 5 heteroatoms. The Hall–Kier alpha value is -0.200. The van der Waals surface area contributed by atoms with Crippen LogP contribution in [0.15, 0.2) is 0 Å². The first-order valence-corrected chi connectivity index (χ1v) is 6.29. The summed E-state index contributed by atoms with van der Waals surface area (Å²) in [4.78, 5) is 2.19. The lowest BCUT2D eigenvalue weighted by Gasteiger charge is -2.33. The van der Waals surface area contributed by atoms with Crippen molar-refractivity contribution in [3.8, 4) is 0 Å². The minimum atomic E-state index is -0.000555. The third kappa shape index (κ3) is 6.95. The third-order valence-corrected chi connectivity index (χ3v) is 3.00. The molecule has 3 N–H and O–H groups in total. The largest absolute Gasteiger partial charge is 0.395 e. The molecule has 0 aromatic carbocycles. The minimum Gasteiger partial charge on any atom is -0.395 e. The monoisotopic (exact) mass is 248 g/mol. The number of rotatable bonds is 11. The lowest BCUT2D eigenvalue weighted by atomic mass is 10.1. The van der Waals surface area contributed by atoms with Crippen molar-refractivity contribution >= 4 is 0 Å². The number of hydrogen-bond acceptors (Lipinski definition) is 5. The van der Waals surface area contributed by atoms with Crippen LogP contribution in [0.2, 0.25) is 0 Å². The lowest BCUT2D eigenvalue weighted by molar-refractivity contribution is 0.0652. The number of nitrogens with two attached hydrogens (primary N) is 1. The molecule has 0 radical (unpaired) electrons. The van der Waals surface area contributed by atoms with Crippen molar-refractivity contribution in [3.05, 3.63) is 0 Å². The lowest BCUT2D eigenvalue weighted by Crippen LogP contribution is -2.51. The van der Waals surface area contributed by atoms with Gasteiger partial charge in [-0.1, -0.05) is 6.92 Å². The van der Waals surface area contributed by atoms with E-state index >= 15 is 0 Å². The van der Waals surface area contributed by atoms with E-state index in [-0.39, 0.29) is 18.7 Å². The van der Waals surface area contributed by atoms with Gasteiger partial charge in [-0.3, -0.25) is 4.90 Å². The topological polar surface area (TPSA) is 68.0 Å². The molecule has 0 spiro atoms. The Kier molecular flexibility index (Phi) is 10.8. The van der Waals surface area contributed by atoms with E-state index in [9.17, 15) is 5.11 Å². The van der Waals surface area contributed by atoms with Crippen LogP contribution in [0.25, 0.3) is 0 Å². The van der Waals surface area contributed by atoms with Crippen molar-refractivity contribution in [2.75, 3.05) is 47.1 Å². The normalized spacial score (nSPS) is 15.2. The van der Waals surface area contributed by atoms with E-state index in [4.69, 9.17) is 15.2 Å². The van der Waals surface area contributed by atoms with Crippen LogP contribution in [0.4, 0.5) is 0 Å². The van der Waals surface area contributed by atoms with Gasteiger partial charge in [0, 0.05) is 46.0 Å². The van der Waals surface area contributed by atoms with Crippen LogP contribution < -0.4 is 5.73 Å². The molecule has 0 aromatic rings. The van der Waals surface area contributed by atoms with Gasteiger partial charge in [0.1, 0.15) is 0 Å². The molecule has 0 aliphatic heterocycles. The number of aliphatic hydroxyl groups is 1. The van der Waals surface area contributed by atoms with Crippen molar-refractivity contribution in [2.45, 2.75) is 31.8 Å². The van der Waals surface area contributed by atoms with Gasteiger partial charge >= 0.3 is 0 Å². The van der Waals surface area contributed by atoms with Crippen molar-refractivity contribution in [2.24, 2.45) is 5.73 Å². The van der Waals surface area contributed by atoms with Crippen LogP contribution in [0.3, 0.4) is 0 Å². The molecule has 17 heavy (non-hydrogen) atoms. The molecule has 0 saturated heterocycles. The number of nitrogens with zero attached hydrogens (tertiary/aromatic N) is 1.